The van der Waals surface area contributed by atoms with Crippen molar-refractivity contribution in [2.45, 2.75) is 0 Å². The average molecular weight is 441 g/mol. The third kappa shape index (κ3) is 5.16. The van der Waals surface area contributed by atoms with Crippen molar-refractivity contribution in [3.8, 4) is 22.6 Å². The lowest BCUT2D eigenvalue weighted by Gasteiger charge is -2.21. The molecule has 1 amide bonds. The molecule has 0 spiro atoms. The molecule has 31 heavy (non-hydrogen) atoms. The molecule has 7 nitrogen and oxygen atoms in total. The van der Waals surface area contributed by atoms with Crippen LogP contribution in [0.3, 0.4) is 0 Å². The zero-order valence-corrected chi connectivity index (χ0v) is 18.6. The summed E-state index contributed by atoms with van der Waals surface area (Å²) in [5.74, 6) is 0.894. The summed E-state index contributed by atoms with van der Waals surface area (Å²) in [6.45, 7) is 0. The van der Waals surface area contributed by atoms with Crippen LogP contribution >= 0.6 is 0 Å². The van der Waals surface area contributed by atoms with Crippen LogP contribution in [0, 0.1) is 0 Å². The highest BCUT2D eigenvalue weighted by atomic mass is 32.2. The zero-order valence-electron chi connectivity index (χ0n) is 17.7. The molecular formula is C23H24N2O5S. The Balaban J connectivity index is 2.03. The Kier molecular flexibility index (Phi) is 6.50. The molecule has 0 aromatic heterocycles. The maximum absolute atomic E-state index is 12.9. The second-order valence-electron chi connectivity index (χ2n) is 6.88. The van der Waals surface area contributed by atoms with Crippen LogP contribution in [0.15, 0.2) is 66.7 Å². The smallest absolute Gasteiger partial charge is 0.255 e. The summed E-state index contributed by atoms with van der Waals surface area (Å²) in [4.78, 5) is 12.9. The molecule has 0 atom stereocenters. The largest absolute Gasteiger partial charge is 0.497 e. The highest BCUT2D eigenvalue weighted by Gasteiger charge is 2.19. The van der Waals surface area contributed by atoms with E-state index in [-0.39, 0.29) is 5.91 Å². The number of ether oxygens (including phenoxy) is 2. The lowest BCUT2D eigenvalue weighted by Crippen LogP contribution is -2.26. The van der Waals surface area contributed by atoms with E-state index in [4.69, 9.17) is 9.47 Å². The number of methoxy groups -OCH3 is 2. The van der Waals surface area contributed by atoms with Gasteiger partial charge < -0.3 is 14.8 Å². The molecule has 0 aliphatic carbocycles. The number of sulfonamides is 1. The summed E-state index contributed by atoms with van der Waals surface area (Å²) >= 11 is 0. The molecule has 1 N–H and O–H groups in total. The van der Waals surface area contributed by atoms with Crippen molar-refractivity contribution in [1.82, 2.24) is 0 Å². The van der Waals surface area contributed by atoms with Gasteiger partial charge in [0.1, 0.15) is 11.5 Å². The fourth-order valence-corrected chi connectivity index (χ4v) is 3.53. The maximum atomic E-state index is 12.9. The Bertz CT molecular complexity index is 1190. The van der Waals surface area contributed by atoms with Crippen LogP contribution in [-0.4, -0.2) is 41.8 Å². The molecule has 0 heterocycles. The Morgan fingerprint density at radius 2 is 1.52 bits per heavy atom. The highest BCUT2D eigenvalue weighted by Crippen LogP contribution is 2.33. The van der Waals surface area contributed by atoms with Crippen LogP contribution in [0.25, 0.3) is 11.1 Å². The van der Waals surface area contributed by atoms with E-state index in [9.17, 15) is 13.2 Å². The molecule has 0 bridgehead atoms. The molecule has 8 heteroatoms. The van der Waals surface area contributed by atoms with Gasteiger partial charge in [-0.1, -0.05) is 24.3 Å². The van der Waals surface area contributed by atoms with Crippen LogP contribution in [0.5, 0.6) is 11.5 Å². The monoisotopic (exact) mass is 440 g/mol. The van der Waals surface area contributed by atoms with Gasteiger partial charge >= 0.3 is 0 Å². The third-order valence-corrected chi connectivity index (χ3v) is 6.03. The molecule has 0 saturated heterocycles. The number of carbonyl (C=O) groups is 1. The van der Waals surface area contributed by atoms with Gasteiger partial charge in [-0.05, 0) is 53.6 Å². The molecule has 3 rings (SSSR count). The highest BCUT2D eigenvalue weighted by molar-refractivity contribution is 7.92. The number of carbonyl (C=O) groups excluding carboxylic acids is 1. The molecular weight excluding hydrogens is 416 g/mol. The van der Waals surface area contributed by atoms with Gasteiger partial charge in [0.15, 0.2) is 0 Å². The zero-order chi connectivity index (χ0) is 22.6. The van der Waals surface area contributed by atoms with E-state index in [1.165, 1.54) is 14.2 Å². The van der Waals surface area contributed by atoms with E-state index in [2.05, 4.69) is 5.32 Å². The van der Waals surface area contributed by atoms with Gasteiger partial charge in [-0.3, -0.25) is 9.10 Å². The van der Waals surface area contributed by atoms with E-state index in [0.29, 0.717) is 22.7 Å². The molecule has 0 unspecified atom stereocenters. The molecule has 0 aliphatic rings. The maximum Gasteiger partial charge on any atom is 0.255 e. The van der Waals surface area contributed by atoms with Crippen molar-refractivity contribution >= 4 is 27.3 Å². The first-order chi connectivity index (χ1) is 14.7. The number of anilines is 2. The molecule has 3 aromatic carbocycles. The van der Waals surface area contributed by atoms with Crippen molar-refractivity contribution < 1.29 is 22.7 Å². The minimum Gasteiger partial charge on any atom is -0.497 e. The summed E-state index contributed by atoms with van der Waals surface area (Å²) in [6.07, 6.45) is 1.11. The van der Waals surface area contributed by atoms with Crippen molar-refractivity contribution in [2.24, 2.45) is 0 Å². The summed E-state index contributed by atoms with van der Waals surface area (Å²) in [5.41, 5.74) is 2.83. The Hall–Kier alpha value is -3.52. The number of amides is 1. The van der Waals surface area contributed by atoms with Crippen LogP contribution < -0.4 is 19.1 Å². The fourth-order valence-electron chi connectivity index (χ4n) is 3.01. The third-order valence-electron chi connectivity index (χ3n) is 4.84. The minimum atomic E-state index is -3.53. The van der Waals surface area contributed by atoms with Crippen LogP contribution in [0.4, 0.5) is 11.4 Å². The second-order valence-corrected chi connectivity index (χ2v) is 8.89. The van der Waals surface area contributed by atoms with E-state index < -0.39 is 10.0 Å². The fraction of sp³-hybridized carbons (Fsp3) is 0.174. The van der Waals surface area contributed by atoms with Crippen molar-refractivity contribution in [2.75, 3.05) is 37.1 Å². The van der Waals surface area contributed by atoms with E-state index in [1.807, 2.05) is 24.3 Å². The molecule has 0 radical (unpaired) electrons. The minimum absolute atomic E-state index is 0.357. The van der Waals surface area contributed by atoms with E-state index >= 15 is 0 Å². The Morgan fingerprint density at radius 3 is 2.13 bits per heavy atom. The summed E-state index contributed by atoms with van der Waals surface area (Å²) in [5, 5.41) is 2.84. The molecule has 0 saturated carbocycles. The van der Waals surface area contributed by atoms with Gasteiger partial charge in [0.25, 0.3) is 5.91 Å². The van der Waals surface area contributed by atoms with Gasteiger partial charge in [0, 0.05) is 12.6 Å². The first-order valence-corrected chi connectivity index (χ1v) is 11.3. The molecule has 162 valence electrons. The topological polar surface area (TPSA) is 84.9 Å². The van der Waals surface area contributed by atoms with Crippen LogP contribution in [-0.2, 0) is 10.0 Å². The molecule has 0 fully saturated rings. The van der Waals surface area contributed by atoms with Gasteiger partial charge in [-0.15, -0.1) is 0 Å². The van der Waals surface area contributed by atoms with Gasteiger partial charge in [-0.2, -0.15) is 0 Å². The number of nitrogens with zero attached hydrogens (tertiary/aromatic N) is 1. The SMILES string of the molecule is COc1ccc(-c2ccc(N(C)S(C)(=O)=O)c(NC(=O)c3cccc(OC)c3)c2)cc1. The average Bonchev–Trinajstić information content (AvgIpc) is 2.78. The number of rotatable bonds is 7. The number of hydrogen-bond acceptors (Lipinski definition) is 5. The predicted molar refractivity (Wildman–Crippen MR) is 123 cm³/mol. The lowest BCUT2D eigenvalue weighted by atomic mass is 10.0. The summed E-state index contributed by atoms with van der Waals surface area (Å²) in [7, 11) is 1.03. The number of nitrogens with one attached hydrogen (secondary N) is 1. The summed E-state index contributed by atoms with van der Waals surface area (Å²) < 4.78 is 35.8. The van der Waals surface area contributed by atoms with Crippen molar-refractivity contribution in [3.63, 3.8) is 0 Å². The summed E-state index contributed by atoms with van der Waals surface area (Å²) in [6, 6.07) is 19.4. The number of benzene rings is 3. The Morgan fingerprint density at radius 1 is 0.871 bits per heavy atom. The molecule has 3 aromatic rings. The van der Waals surface area contributed by atoms with Gasteiger partial charge in [0.05, 0.1) is 31.9 Å². The normalized spacial score (nSPS) is 11.0. The second kappa shape index (κ2) is 9.09. The Labute approximate surface area is 182 Å². The van der Waals surface area contributed by atoms with E-state index in [1.54, 1.807) is 49.6 Å². The van der Waals surface area contributed by atoms with Crippen molar-refractivity contribution in [3.05, 3.63) is 72.3 Å². The van der Waals surface area contributed by atoms with Gasteiger partial charge in [0.2, 0.25) is 10.0 Å². The van der Waals surface area contributed by atoms with Gasteiger partial charge in [-0.25, -0.2) is 8.42 Å². The van der Waals surface area contributed by atoms with E-state index in [0.717, 1.165) is 27.4 Å². The van der Waals surface area contributed by atoms with Crippen LogP contribution in [0.1, 0.15) is 10.4 Å². The standard InChI is InChI=1S/C23H24N2O5S/c1-25(31(4,27)28)22-13-10-17(16-8-11-19(29-2)12-9-16)15-21(22)24-23(26)18-6-5-7-20(14-18)30-3/h5-15H,1-4H3,(H,24,26). The van der Waals surface area contributed by atoms with Crippen LogP contribution in [0.2, 0.25) is 0 Å². The number of hydrogen-bond donors (Lipinski definition) is 1. The first-order valence-electron chi connectivity index (χ1n) is 9.40. The predicted octanol–water partition coefficient (Wildman–Crippen LogP) is 4.02. The molecule has 0 aliphatic heterocycles. The van der Waals surface area contributed by atoms with Crippen molar-refractivity contribution in [1.29, 1.82) is 0 Å². The first kappa shape index (κ1) is 22.2. The quantitative estimate of drug-likeness (QED) is 0.600. The lowest BCUT2D eigenvalue weighted by molar-refractivity contribution is 0.102.